The van der Waals surface area contributed by atoms with E-state index in [2.05, 4.69) is 46.5 Å². The van der Waals surface area contributed by atoms with E-state index in [-0.39, 0.29) is 0 Å². The molecule has 1 N–H and O–H groups in total. The summed E-state index contributed by atoms with van der Waals surface area (Å²) in [5.74, 6) is 1.25. The number of fused-ring (bicyclic) bond motifs is 1. The minimum absolute atomic E-state index is 0.483. The molecule has 2 aromatic carbocycles. The molecule has 0 amide bonds. The summed E-state index contributed by atoms with van der Waals surface area (Å²) in [6, 6.07) is 18.1. The molecule has 0 aliphatic heterocycles. The van der Waals surface area contributed by atoms with Gasteiger partial charge in [-0.2, -0.15) is 5.10 Å². The van der Waals surface area contributed by atoms with Crippen molar-refractivity contribution >= 4 is 16.9 Å². The van der Waals surface area contributed by atoms with Crippen molar-refractivity contribution in [3.8, 4) is 11.3 Å². The molecule has 4 rings (SSSR count). The van der Waals surface area contributed by atoms with Crippen molar-refractivity contribution in [2.45, 2.75) is 27.7 Å². The third-order valence-corrected chi connectivity index (χ3v) is 4.68. The number of benzene rings is 2. The molecule has 2 heterocycles. The van der Waals surface area contributed by atoms with Crippen molar-refractivity contribution in [3.63, 3.8) is 0 Å². The monoisotopic (exact) mass is 370 g/mol. The summed E-state index contributed by atoms with van der Waals surface area (Å²) in [6.45, 7) is 8.05. The van der Waals surface area contributed by atoms with Crippen LogP contribution in [-0.4, -0.2) is 9.97 Å². The lowest BCUT2D eigenvalue weighted by Gasteiger charge is -2.08. The van der Waals surface area contributed by atoms with Gasteiger partial charge in [-0.1, -0.05) is 30.3 Å². The van der Waals surface area contributed by atoms with Crippen LogP contribution in [0.25, 0.3) is 22.3 Å². The van der Waals surface area contributed by atoms with Gasteiger partial charge in [0, 0.05) is 28.4 Å². The fourth-order valence-corrected chi connectivity index (χ4v) is 3.15. The Hall–Kier alpha value is -3.47. The van der Waals surface area contributed by atoms with Crippen LogP contribution in [0.15, 0.2) is 64.1 Å². The first-order valence-corrected chi connectivity index (χ1v) is 9.22. The standard InChI is InChI=1S/C23H22N4O/c1-14-10-19-20(26-27-23-24-16(3)12-17(4)25-23)13-21(18-8-6-5-7-9-18)28-22(19)11-15(14)2/h5-13H,1-4H3,(H,24,25,27)/b26-20-. The Labute approximate surface area is 163 Å². The first-order valence-electron chi connectivity index (χ1n) is 9.22. The van der Waals surface area contributed by atoms with Crippen molar-refractivity contribution in [1.82, 2.24) is 9.97 Å². The van der Waals surface area contributed by atoms with Crippen LogP contribution in [0.2, 0.25) is 0 Å². The molecule has 0 bridgehead atoms. The van der Waals surface area contributed by atoms with Gasteiger partial charge in [0.05, 0.1) is 5.36 Å². The zero-order valence-corrected chi connectivity index (χ0v) is 16.4. The molecule has 2 aromatic heterocycles. The normalized spacial score (nSPS) is 11.8. The summed E-state index contributed by atoms with van der Waals surface area (Å²) < 4.78 is 6.20. The van der Waals surface area contributed by atoms with Gasteiger partial charge < -0.3 is 4.42 Å². The number of rotatable bonds is 3. The average Bonchev–Trinajstić information content (AvgIpc) is 2.67. The molecule has 0 saturated heterocycles. The highest BCUT2D eigenvalue weighted by atomic mass is 16.3. The minimum Gasteiger partial charge on any atom is -0.456 e. The van der Waals surface area contributed by atoms with Crippen molar-refractivity contribution in [1.29, 1.82) is 0 Å². The van der Waals surface area contributed by atoms with Crippen LogP contribution in [0.1, 0.15) is 22.5 Å². The Morgan fingerprint density at radius 1 is 0.821 bits per heavy atom. The van der Waals surface area contributed by atoms with Gasteiger partial charge in [0.15, 0.2) is 0 Å². The van der Waals surface area contributed by atoms with Gasteiger partial charge in [-0.25, -0.2) is 15.4 Å². The van der Waals surface area contributed by atoms with E-state index in [0.29, 0.717) is 5.95 Å². The van der Waals surface area contributed by atoms with Gasteiger partial charge in [0.1, 0.15) is 11.3 Å². The fraction of sp³-hybridized carbons (Fsp3) is 0.174. The molecule has 140 valence electrons. The van der Waals surface area contributed by atoms with Crippen LogP contribution in [0.5, 0.6) is 0 Å². The molecule has 0 fully saturated rings. The van der Waals surface area contributed by atoms with E-state index >= 15 is 0 Å². The van der Waals surface area contributed by atoms with E-state index in [1.54, 1.807) is 0 Å². The molecule has 5 nitrogen and oxygen atoms in total. The zero-order valence-electron chi connectivity index (χ0n) is 16.4. The molecule has 0 aliphatic rings. The van der Waals surface area contributed by atoms with Crippen molar-refractivity contribution in [2.24, 2.45) is 5.10 Å². The fourth-order valence-electron chi connectivity index (χ4n) is 3.15. The van der Waals surface area contributed by atoms with Crippen molar-refractivity contribution < 1.29 is 4.42 Å². The summed E-state index contributed by atoms with van der Waals surface area (Å²) in [4.78, 5) is 8.80. The third-order valence-electron chi connectivity index (χ3n) is 4.68. The molecule has 5 heteroatoms. The second-order valence-corrected chi connectivity index (χ2v) is 6.99. The minimum atomic E-state index is 0.483. The smallest absolute Gasteiger partial charge is 0.243 e. The van der Waals surface area contributed by atoms with Gasteiger partial charge >= 0.3 is 0 Å². The predicted molar refractivity (Wildman–Crippen MR) is 112 cm³/mol. The lowest BCUT2D eigenvalue weighted by Crippen LogP contribution is -2.09. The average molecular weight is 370 g/mol. The number of nitrogens with one attached hydrogen (secondary N) is 1. The molecule has 28 heavy (non-hydrogen) atoms. The molecule has 0 aliphatic carbocycles. The highest BCUT2D eigenvalue weighted by molar-refractivity contribution is 5.80. The van der Waals surface area contributed by atoms with Gasteiger partial charge in [0.25, 0.3) is 0 Å². The lowest BCUT2D eigenvalue weighted by atomic mass is 10.1. The second-order valence-electron chi connectivity index (χ2n) is 6.99. The Balaban J connectivity index is 1.90. The van der Waals surface area contributed by atoms with Crippen LogP contribution in [0.3, 0.4) is 0 Å². The maximum Gasteiger partial charge on any atom is 0.243 e. The maximum absolute atomic E-state index is 6.20. The first-order chi connectivity index (χ1) is 13.5. The summed E-state index contributed by atoms with van der Waals surface area (Å²) in [5, 5.41) is 6.34. The van der Waals surface area contributed by atoms with Crippen molar-refractivity contribution in [3.05, 3.63) is 82.5 Å². The Kier molecular flexibility index (Phi) is 4.65. The van der Waals surface area contributed by atoms with E-state index in [4.69, 9.17) is 4.42 Å². The molecule has 4 aromatic rings. The van der Waals surface area contributed by atoms with Crippen LogP contribution in [0.4, 0.5) is 5.95 Å². The molecule has 0 atom stereocenters. The molecule has 0 radical (unpaired) electrons. The number of hydrogen-bond acceptors (Lipinski definition) is 5. The van der Waals surface area contributed by atoms with E-state index in [0.717, 1.165) is 39.0 Å². The number of aryl methyl sites for hydroxylation is 4. The lowest BCUT2D eigenvalue weighted by molar-refractivity contribution is 0.617. The van der Waals surface area contributed by atoms with Crippen LogP contribution in [-0.2, 0) is 0 Å². The zero-order chi connectivity index (χ0) is 19.7. The van der Waals surface area contributed by atoms with Gasteiger partial charge in [-0.3, -0.25) is 0 Å². The van der Waals surface area contributed by atoms with Gasteiger partial charge in [-0.15, -0.1) is 0 Å². The predicted octanol–water partition coefficient (Wildman–Crippen LogP) is 5.05. The summed E-state index contributed by atoms with van der Waals surface area (Å²) in [7, 11) is 0. The topological polar surface area (TPSA) is 63.3 Å². The quantitative estimate of drug-likeness (QED) is 0.513. The summed E-state index contributed by atoms with van der Waals surface area (Å²) in [5.41, 5.74) is 8.97. The van der Waals surface area contributed by atoms with E-state index < -0.39 is 0 Å². The molecule has 0 spiro atoms. The van der Waals surface area contributed by atoms with Crippen LogP contribution < -0.4 is 10.8 Å². The van der Waals surface area contributed by atoms with E-state index in [1.807, 2.05) is 56.3 Å². The van der Waals surface area contributed by atoms with E-state index in [9.17, 15) is 0 Å². The third kappa shape index (κ3) is 3.64. The van der Waals surface area contributed by atoms with Gasteiger partial charge in [0.2, 0.25) is 5.95 Å². The number of hydrogen-bond donors (Lipinski definition) is 1. The SMILES string of the molecule is Cc1cc(C)nc(N/N=c2/cc(-c3ccccc3)oc3cc(C)c(C)cc23)n1. The van der Waals surface area contributed by atoms with Crippen molar-refractivity contribution in [2.75, 3.05) is 5.43 Å². The highest BCUT2D eigenvalue weighted by Crippen LogP contribution is 2.24. The number of nitrogens with zero attached hydrogens (tertiary/aromatic N) is 3. The number of anilines is 1. The molecular weight excluding hydrogens is 348 g/mol. The molecule has 0 saturated carbocycles. The largest absolute Gasteiger partial charge is 0.456 e. The Bertz CT molecular complexity index is 1210. The second kappa shape index (κ2) is 7.27. The van der Waals surface area contributed by atoms with Crippen LogP contribution in [0, 0.1) is 27.7 Å². The maximum atomic E-state index is 6.20. The number of aromatic nitrogens is 2. The Morgan fingerprint density at radius 2 is 1.50 bits per heavy atom. The van der Waals surface area contributed by atoms with E-state index in [1.165, 1.54) is 11.1 Å². The highest BCUT2D eigenvalue weighted by Gasteiger charge is 2.08. The van der Waals surface area contributed by atoms with Crippen LogP contribution >= 0.6 is 0 Å². The summed E-state index contributed by atoms with van der Waals surface area (Å²) in [6.07, 6.45) is 0. The summed E-state index contributed by atoms with van der Waals surface area (Å²) >= 11 is 0. The molecule has 0 unspecified atom stereocenters. The van der Waals surface area contributed by atoms with Gasteiger partial charge in [-0.05, 0) is 57.0 Å². The first kappa shape index (κ1) is 17.9. The Morgan fingerprint density at radius 3 is 2.21 bits per heavy atom. The molecular formula is C23H22N4O.